The second-order valence-electron chi connectivity index (χ2n) is 4.61. The number of aromatic nitrogens is 1. The Morgan fingerprint density at radius 2 is 1.85 bits per heavy atom. The zero-order valence-electron chi connectivity index (χ0n) is 11.3. The summed E-state index contributed by atoms with van der Waals surface area (Å²) >= 11 is 0. The van der Waals surface area contributed by atoms with Crippen LogP contribution in [0.5, 0.6) is 0 Å². The minimum atomic E-state index is -0.641. The quantitative estimate of drug-likeness (QED) is 0.847. The van der Waals surface area contributed by atoms with Crippen LogP contribution in [0.25, 0.3) is 0 Å². The number of aliphatic hydroxyl groups excluding tert-OH is 1. The zero-order chi connectivity index (χ0) is 14.4. The van der Waals surface area contributed by atoms with Crippen LogP contribution in [0.15, 0.2) is 48.8 Å². The Hall–Kier alpha value is -2.20. The molecule has 0 spiro atoms. The maximum Gasteiger partial charge on any atom is 0.316 e. The van der Waals surface area contributed by atoms with Crippen LogP contribution in [0.3, 0.4) is 0 Å². The van der Waals surface area contributed by atoms with Crippen molar-refractivity contribution >= 4 is 5.97 Å². The monoisotopic (exact) mass is 271 g/mol. The van der Waals surface area contributed by atoms with Crippen molar-refractivity contribution < 1.29 is 14.6 Å². The van der Waals surface area contributed by atoms with E-state index in [-0.39, 0.29) is 13.2 Å². The number of hydrogen-bond donors (Lipinski definition) is 1. The van der Waals surface area contributed by atoms with E-state index in [0.717, 1.165) is 16.7 Å². The van der Waals surface area contributed by atoms with Gasteiger partial charge in [-0.2, -0.15) is 0 Å². The molecule has 4 nitrogen and oxygen atoms in total. The SMILES string of the molecule is Cc1ccc([C@@H](CO)C(=O)OCc2ccncc2)cc1. The number of benzene rings is 1. The average Bonchev–Trinajstić information content (AvgIpc) is 2.49. The number of nitrogens with zero attached hydrogens (tertiary/aromatic N) is 1. The summed E-state index contributed by atoms with van der Waals surface area (Å²) in [6, 6.07) is 11.1. The lowest BCUT2D eigenvalue weighted by molar-refractivity contribution is -0.147. The van der Waals surface area contributed by atoms with Gasteiger partial charge in [-0.25, -0.2) is 0 Å². The third kappa shape index (κ3) is 3.65. The van der Waals surface area contributed by atoms with Crippen LogP contribution in [-0.2, 0) is 16.1 Å². The van der Waals surface area contributed by atoms with Crippen LogP contribution in [-0.4, -0.2) is 22.7 Å². The van der Waals surface area contributed by atoms with E-state index in [2.05, 4.69) is 4.98 Å². The van der Waals surface area contributed by atoms with Gasteiger partial charge in [0.2, 0.25) is 0 Å². The molecule has 0 amide bonds. The lowest BCUT2D eigenvalue weighted by atomic mass is 9.99. The highest BCUT2D eigenvalue weighted by molar-refractivity contribution is 5.78. The molecule has 0 aliphatic rings. The van der Waals surface area contributed by atoms with Crippen LogP contribution >= 0.6 is 0 Å². The number of aryl methyl sites for hydroxylation is 1. The molecule has 1 aromatic carbocycles. The summed E-state index contributed by atoms with van der Waals surface area (Å²) in [5, 5.41) is 9.41. The molecular formula is C16H17NO3. The summed E-state index contributed by atoms with van der Waals surface area (Å²) in [7, 11) is 0. The highest BCUT2D eigenvalue weighted by atomic mass is 16.5. The molecule has 0 bridgehead atoms. The second kappa shape index (κ2) is 6.82. The third-order valence-electron chi connectivity index (χ3n) is 3.08. The van der Waals surface area contributed by atoms with Gasteiger partial charge in [0.1, 0.15) is 12.5 Å². The third-order valence-corrected chi connectivity index (χ3v) is 3.08. The molecule has 0 saturated carbocycles. The van der Waals surface area contributed by atoms with E-state index in [1.165, 1.54) is 0 Å². The van der Waals surface area contributed by atoms with Gasteiger partial charge in [-0.1, -0.05) is 29.8 Å². The molecule has 4 heteroatoms. The molecule has 1 heterocycles. The fraction of sp³-hybridized carbons (Fsp3) is 0.250. The first-order chi connectivity index (χ1) is 9.70. The standard InChI is InChI=1S/C16H17NO3/c1-12-2-4-14(5-3-12)15(10-18)16(19)20-11-13-6-8-17-9-7-13/h2-9,15,18H,10-11H2,1H3/t15-/m1/s1. The highest BCUT2D eigenvalue weighted by Crippen LogP contribution is 2.18. The topological polar surface area (TPSA) is 59.4 Å². The average molecular weight is 271 g/mol. The molecule has 0 saturated heterocycles. The number of pyridine rings is 1. The van der Waals surface area contributed by atoms with Gasteiger partial charge in [0.15, 0.2) is 0 Å². The van der Waals surface area contributed by atoms with Crippen molar-refractivity contribution in [2.45, 2.75) is 19.4 Å². The van der Waals surface area contributed by atoms with E-state index in [1.54, 1.807) is 24.5 Å². The van der Waals surface area contributed by atoms with Gasteiger partial charge in [0, 0.05) is 12.4 Å². The first kappa shape index (κ1) is 14.2. The van der Waals surface area contributed by atoms with Gasteiger partial charge < -0.3 is 9.84 Å². The number of carbonyl (C=O) groups is 1. The normalized spacial score (nSPS) is 11.9. The zero-order valence-corrected chi connectivity index (χ0v) is 11.3. The van der Waals surface area contributed by atoms with Crippen LogP contribution < -0.4 is 0 Å². The van der Waals surface area contributed by atoms with E-state index in [1.807, 2.05) is 31.2 Å². The minimum absolute atomic E-state index is 0.184. The van der Waals surface area contributed by atoms with Gasteiger partial charge >= 0.3 is 5.97 Å². The largest absolute Gasteiger partial charge is 0.460 e. The molecule has 0 aliphatic carbocycles. The lowest BCUT2D eigenvalue weighted by Gasteiger charge is -2.14. The Labute approximate surface area is 118 Å². The summed E-state index contributed by atoms with van der Waals surface area (Å²) in [6.07, 6.45) is 3.29. The van der Waals surface area contributed by atoms with E-state index < -0.39 is 11.9 Å². The Morgan fingerprint density at radius 1 is 1.20 bits per heavy atom. The van der Waals surface area contributed by atoms with Crippen molar-refractivity contribution in [2.75, 3.05) is 6.61 Å². The number of carbonyl (C=O) groups excluding carboxylic acids is 1. The van der Waals surface area contributed by atoms with Gasteiger partial charge in [-0.15, -0.1) is 0 Å². The van der Waals surface area contributed by atoms with Crippen LogP contribution in [0.1, 0.15) is 22.6 Å². The van der Waals surface area contributed by atoms with Crippen LogP contribution in [0, 0.1) is 6.92 Å². The second-order valence-corrected chi connectivity index (χ2v) is 4.61. The summed E-state index contributed by atoms with van der Waals surface area (Å²) in [4.78, 5) is 15.9. The molecule has 1 N–H and O–H groups in total. The fourth-order valence-electron chi connectivity index (χ4n) is 1.85. The van der Waals surface area contributed by atoms with Crippen molar-refractivity contribution in [2.24, 2.45) is 0 Å². The Morgan fingerprint density at radius 3 is 2.45 bits per heavy atom. The predicted molar refractivity (Wildman–Crippen MR) is 75.0 cm³/mol. The van der Waals surface area contributed by atoms with Crippen LogP contribution in [0.2, 0.25) is 0 Å². The van der Waals surface area contributed by atoms with Crippen LogP contribution in [0.4, 0.5) is 0 Å². The van der Waals surface area contributed by atoms with E-state index in [0.29, 0.717) is 0 Å². The fourth-order valence-corrected chi connectivity index (χ4v) is 1.85. The molecule has 0 unspecified atom stereocenters. The van der Waals surface area contributed by atoms with Gasteiger partial charge in [-0.3, -0.25) is 9.78 Å². The maximum absolute atomic E-state index is 12.0. The lowest BCUT2D eigenvalue weighted by Crippen LogP contribution is -2.19. The first-order valence-electron chi connectivity index (χ1n) is 6.43. The van der Waals surface area contributed by atoms with Crippen molar-refractivity contribution in [3.05, 3.63) is 65.5 Å². The van der Waals surface area contributed by atoms with E-state index in [9.17, 15) is 9.90 Å². The van der Waals surface area contributed by atoms with Crippen molar-refractivity contribution in [3.8, 4) is 0 Å². The molecule has 2 aromatic rings. The Bertz CT molecular complexity index is 552. The number of rotatable bonds is 5. The summed E-state index contributed by atoms with van der Waals surface area (Å²) in [6.45, 7) is 1.89. The number of ether oxygens (including phenoxy) is 1. The Kier molecular flexibility index (Phi) is 4.85. The molecule has 104 valence electrons. The van der Waals surface area contributed by atoms with Gasteiger partial charge in [0.25, 0.3) is 0 Å². The van der Waals surface area contributed by atoms with Crippen molar-refractivity contribution in [1.29, 1.82) is 0 Å². The molecule has 20 heavy (non-hydrogen) atoms. The smallest absolute Gasteiger partial charge is 0.316 e. The Balaban J connectivity index is 2.00. The minimum Gasteiger partial charge on any atom is -0.460 e. The molecule has 0 fully saturated rings. The first-order valence-corrected chi connectivity index (χ1v) is 6.43. The molecule has 1 atom stereocenters. The molecule has 0 radical (unpaired) electrons. The van der Waals surface area contributed by atoms with Gasteiger partial charge in [-0.05, 0) is 30.2 Å². The number of hydrogen-bond acceptors (Lipinski definition) is 4. The maximum atomic E-state index is 12.0. The highest BCUT2D eigenvalue weighted by Gasteiger charge is 2.21. The van der Waals surface area contributed by atoms with E-state index >= 15 is 0 Å². The molecule has 2 rings (SSSR count). The van der Waals surface area contributed by atoms with E-state index in [4.69, 9.17) is 4.74 Å². The molecule has 0 aliphatic heterocycles. The summed E-state index contributed by atoms with van der Waals surface area (Å²) in [5.41, 5.74) is 2.74. The summed E-state index contributed by atoms with van der Waals surface area (Å²) in [5.74, 6) is -1.06. The van der Waals surface area contributed by atoms with Gasteiger partial charge in [0.05, 0.1) is 6.61 Å². The molecule has 1 aromatic heterocycles. The predicted octanol–water partition coefficient (Wildman–Crippen LogP) is 2.21. The van der Waals surface area contributed by atoms with Crippen molar-refractivity contribution in [1.82, 2.24) is 4.98 Å². The number of aliphatic hydroxyl groups is 1. The number of esters is 1. The molecular weight excluding hydrogens is 254 g/mol. The summed E-state index contributed by atoms with van der Waals surface area (Å²) < 4.78 is 5.24. The van der Waals surface area contributed by atoms with Crippen molar-refractivity contribution in [3.63, 3.8) is 0 Å².